The highest BCUT2D eigenvalue weighted by Crippen LogP contribution is 2.35. The third-order valence-electron chi connectivity index (χ3n) is 4.36. The van der Waals surface area contributed by atoms with E-state index in [-0.39, 0.29) is 5.41 Å². The lowest BCUT2D eigenvalue weighted by atomic mass is 9.74. The zero-order valence-corrected chi connectivity index (χ0v) is 14.1. The molecule has 1 heterocycles. The van der Waals surface area contributed by atoms with Gasteiger partial charge in [-0.05, 0) is 31.7 Å². The molecular weight excluding hydrogens is 290 g/mol. The first kappa shape index (κ1) is 17.8. The fourth-order valence-corrected chi connectivity index (χ4v) is 2.92. The second kappa shape index (κ2) is 9.53. The Kier molecular flexibility index (Phi) is 7.36. The maximum atomic E-state index is 6.01. The number of guanidine groups is 1. The summed E-state index contributed by atoms with van der Waals surface area (Å²) in [4.78, 5) is 4.60. The fourth-order valence-electron chi connectivity index (χ4n) is 2.92. The first-order valence-corrected chi connectivity index (χ1v) is 8.52. The SMILES string of the molecule is CCOCCCNC(N)=NCC1(c2ccccc2)CCOCC1. The van der Waals surface area contributed by atoms with E-state index in [2.05, 4.69) is 34.6 Å². The van der Waals surface area contributed by atoms with Crippen LogP contribution < -0.4 is 11.1 Å². The van der Waals surface area contributed by atoms with Gasteiger partial charge in [0.1, 0.15) is 0 Å². The normalized spacial score (nSPS) is 17.9. The van der Waals surface area contributed by atoms with Crippen LogP contribution >= 0.6 is 0 Å². The summed E-state index contributed by atoms with van der Waals surface area (Å²) in [5.41, 5.74) is 7.38. The molecule has 1 aromatic rings. The van der Waals surface area contributed by atoms with Gasteiger partial charge in [-0.2, -0.15) is 0 Å². The second-order valence-corrected chi connectivity index (χ2v) is 5.94. The van der Waals surface area contributed by atoms with Gasteiger partial charge in [0.05, 0.1) is 6.54 Å². The maximum absolute atomic E-state index is 6.01. The number of hydrogen-bond donors (Lipinski definition) is 2. The molecule has 0 radical (unpaired) electrons. The van der Waals surface area contributed by atoms with Crippen molar-refractivity contribution in [3.05, 3.63) is 35.9 Å². The van der Waals surface area contributed by atoms with Crippen LogP contribution in [0.3, 0.4) is 0 Å². The van der Waals surface area contributed by atoms with Crippen LogP contribution in [0.1, 0.15) is 31.7 Å². The minimum Gasteiger partial charge on any atom is -0.382 e. The molecule has 3 N–H and O–H groups in total. The quantitative estimate of drug-likeness (QED) is 0.437. The topological polar surface area (TPSA) is 68.9 Å². The van der Waals surface area contributed by atoms with Gasteiger partial charge in [0.25, 0.3) is 0 Å². The van der Waals surface area contributed by atoms with Crippen molar-refractivity contribution in [2.24, 2.45) is 10.7 Å². The van der Waals surface area contributed by atoms with Crippen LogP contribution in [-0.2, 0) is 14.9 Å². The van der Waals surface area contributed by atoms with E-state index in [1.165, 1.54) is 5.56 Å². The van der Waals surface area contributed by atoms with Crippen LogP contribution in [-0.4, -0.2) is 45.5 Å². The van der Waals surface area contributed by atoms with Crippen molar-refractivity contribution in [1.82, 2.24) is 5.32 Å². The van der Waals surface area contributed by atoms with E-state index in [4.69, 9.17) is 15.2 Å². The van der Waals surface area contributed by atoms with Crippen LogP contribution in [0.2, 0.25) is 0 Å². The first-order valence-electron chi connectivity index (χ1n) is 8.52. The average Bonchev–Trinajstić information content (AvgIpc) is 2.61. The summed E-state index contributed by atoms with van der Waals surface area (Å²) in [6.45, 7) is 6.56. The number of aliphatic imine (C=N–C) groups is 1. The predicted molar refractivity (Wildman–Crippen MR) is 93.8 cm³/mol. The molecule has 0 bridgehead atoms. The number of nitrogens with two attached hydrogens (primary N) is 1. The Labute approximate surface area is 139 Å². The van der Waals surface area contributed by atoms with Crippen molar-refractivity contribution in [3.8, 4) is 0 Å². The number of ether oxygens (including phenoxy) is 2. The predicted octanol–water partition coefficient (Wildman–Crippen LogP) is 2.07. The Morgan fingerprint density at radius 2 is 2.04 bits per heavy atom. The minimum absolute atomic E-state index is 0.0388. The first-order chi connectivity index (χ1) is 11.3. The lowest BCUT2D eigenvalue weighted by molar-refractivity contribution is 0.0531. The van der Waals surface area contributed by atoms with Crippen molar-refractivity contribution >= 4 is 5.96 Å². The van der Waals surface area contributed by atoms with Gasteiger partial charge in [0, 0.05) is 38.4 Å². The molecular formula is C18H29N3O2. The average molecular weight is 319 g/mol. The van der Waals surface area contributed by atoms with E-state index in [1.807, 2.05) is 13.0 Å². The maximum Gasteiger partial charge on any atom is 0.188 e. The molecule has 0 atom stereocenters. The molecule has 1 fully saturated rings. The molecule has 1 aromatic carbocycles. The summed E-state index contributed by atoms with van der Waals surface area (Å²) in [5, 5.41) is 3.17. The van der Waals surface area contributed by atoms with E-state index >= 15 is 0 Å². The molecule has 0 aromatic heterocycles. The van der Waals surface area contributed by atoms with Gasteiger partial charge >= 0.3 is 0 Å². The molecule has 5 heteroatoms. The Morgan fingerprint density at radius 3 is 2.74 bits per heavy atom. The summed E-state index contributed by atoms with van der Waals surface area (Å²) < 4.78 is 10.9. The molecule has 23 heavy (non-hydrogen) atoms. The highest BCUT2D eigenvalue weighted by atomic mass is 16.5. The third-order valence-corrected chi connectivity index (χ3v) is 4.36. The number of rotatable bonds is 8. The molecule has 0 amide bonds. The molecule has 1 aliphatic rings. The number of benzene rings is 1. The summed E-state index contributed by atoms with van der Waals surface area (Å²) in [5.74, 6) is 0.517. The molecule has 0 saturated carbocycles. The highest BCUT2D eigenvalue weighted by molar-refractivity contribution is 5.77. The molecule has 1 aliphatic heterocycles. The Bertz CT molecular complexity index is 470. The van der Waals surface area contributed by atoms with Gasteiger partial charge in [0.2, 0.25) is 0 Å². The van der Waals surface area contributed by atoms with Crippen molar-refractivity contribution in [2.45, 2.75) is 31.6 Å². The smallest absolute Gasteiger partial charge is 0.188 e. The third kappa shape index (κ3) is 5.52. The Balaban J connectivity index is 1.92. The van der Waals surface area contributed by atoms with E-state index < -0.39 is 0 Å². The fraction of sp³-hybridized carbons (Fsp3) is 0.611. The minimum atomic E-state index is 0.0388. The van der Waals surface area contributed by atoms with Gasteiger partial charge in [-0.15, -0.1) is 0 Å². The molecule has 5 nitrogen and oxygen atoms in total. The molecule has 0 spiro atoms. The zero-order valence-electron chi connectivity index (χ0n) is 14.1. The van der Waals surface area contributed by atoms with Crippen molar-refractivity contribution < 1.29 is 9.47 Å². The van der Waals surface area contributed by atoms with Crippen LogP contribution in [0.15, 0.2) is 35.3 Å². The van der Waals surface area contributed by atoms with E-state index in [0.29, 0.717) is 12.5 Å². The van der Waals surface area contributed by atoms with Gasteiger partial charge in [-0.1, -0.05) is 30.3 Å². The van der Waals surface area contributed by atoms with E-state index in [9.17, 15) is 0 Å². The number of hydrogen-bond acceptors (Lipinski definition) is 3. The standard InChI is InChI=1S/C18H29N3O2/c1-2-22-12-6-11-20-17(19)21-15-18(9-13-23-14-10-18)16-7-4-3-5-8-16/h3-5,7-8H,2,6,9-15H2,1H3,(H3,19,20,21). The Hall–Kier alpha value is -1.59. The number of nitrogens with zero attached hydrogens (tertiary/aromatic N) is 1. The van der Waals surface area contributed by atoms with E-state index in [0.717, 1.165) is 52.2 Å². The van der Waals surface area contributed by atoms with Gasteiger partial charge in [-0.3, -0.25) is 4.99 Å². The molecule has 0 aliphatic carbocycles. The van der Waals surface area contributed by atoms with Crippen molar-refractivity contribution in [3.63, 3.8) is 0 Å². The molecule has 0 unspecified atom stereocenters. The molecule has 2 rings (SSSR count). The van der Waals surface area contributed by atoms with Gasteiger partial charge < -0.3 is 20.5 Å². The monoisotopic (exact) mass is 319 g/mol. The van der Waals surface area contributed by atoms with Crippen molar-refractivity contribution in [1.29, 1.82) is 0 Å². The van der Waals surface area contributed by atoms with Crippen LogP contribution in [0.4, 0.5) is 0 Å². The lowest BCUT2D eigenvalue weighted by Gasteiger charge is -2.36. The van der Waals surface area contributed by atoms with Crippen LogP contribution in [0.25, 0.3) is 0 Å². The van der Waals surface area contributed by atoms with Crippen molar-refractivity contribution in [2.75, 3.05) is 39.5 Å². The van der Waals surface area contributed by atoms with Crippen LogP contribution in [0.5, 0.6) is 0 Å². The summed E-state index contributed by atoms with van der Waals surface area (Å²) >= 11 is 0. The van der Waals surface area contributed by atoms with Crippen LogP contribution in [0, 0.1) is 0 Å². The van der Waals surface area contributed by atoms with Gasteiger partial charge in [-0.25, -0.2) is 0 Å². The second-order valence-electron chi connectivity index (χ2n) is 5.94. The largest absolute Gasteiger partial charge is 0.382 e. The lowest BCUT2D eigenvalue weighted by Crippen LogP contribution is -2.39. The van der Waals surface area contributed by atoms with Gasteiger partial charge in [0.15, 0.2) is 5.96 Å². The molecule has 128 valence electrons. The summed E-state index contributed by atoms with van der Waals surface area (Å²) in [6, 6.07) is 10.6. The number of nitrogens with one attached hydrogen (secondary N) is 1. The van der Waals surface area contributed by atoms with E-state index in [1.54, 1.807) is 0 Å². The Morgan fingerprint density at radius 1 is 1.30 bits per heavy atom. The summed E-state index contributed by atoms with van der Waals surface area (Å²) in [7, 11) is 0. The summed E-state index contributed by atoms with van der Waals surface area (Å²) in [6.07, 6.45) is 2.90. The molecule has 1 saturated heterocycles. The highest BCUT2D eigenvalue weighted by Gasteiger charge is 2.34. The zero-order chi connectivity index (χ0) is 16.4.